The number of anilines is 1. The Hall–Kier alpha value is -0.730. The van der Waals surface area contributed by atoms with Crippen LogP contribution in [0.1, 0.15) is 46.1 Å². The number of benzene rings is 1. The van der Waals surface area contributed by atoms with E-state index in [1.807, 2.05) is 6.07 Å². The van der Waals surface area contributed by atoms with Gasteiger partial charge >= 0.3 is 0 Å². The van der Waals surface area contributed by atoms with Gasteiger partial charge in [0.1, 0.15) is 0 Å². The van der Waals surface area contributed by atoms with Crippen LogP contribution in [0.15, 0.2) is 18.2 Å². The summed E-state index contributed by atoms with van der Waals surface area (Å²) < 4.78 is 0. The Morgan fingerprint density at radius 2 is 2.00 bits per heavy atom. The summed E-state index contributed by atoms with van der Waals surface area (Å²) in [5, 5.41) is 4.68. The van der Waals surface area contributed by atoms with Crippen molar-refractivity contribution in [3.8, 4) is 0 Å². The van der Waals surface area contributed by atoms with Gasteiger partial charge in [-0.3, -0.25) is 0 Å². The fraction of sp³-hybridized carbons (Fsp3) is 0.667. The van der Waals surface area contributed by atoms with Gasteiger partial charge in [0.25, 0.3) is 0 Å². The molecule has 1 saturated heterocycles. The van der Waals surface area contributed by atoms with Crippen molar-refractivity contribution in [1.29, 1.82) is 0 Å². The van der Waals surface area contributed by atoms with E-state index >= 15 is 0 Å². The van der Waals surface area contributed by atoms with Crippen LogP contribution in [-0.2, 0) is 0 Å². The summed E-state index contributed by atoms with van der Waals surface area (Å²) in [6, 6.07) is 6.85. The lowest BCUT2D eigenvalue weighted by Gasteiger charge is -2.50. The van der Waals surface area contributed by atoms with Crippen LogP contribution in [0.3, 0.4) is 0 Å². The first-order chi connectivity index (χ1) is 9.92. The number of halogens is 1. The molecule has 21 heavy (non-hydrogen) atoms. The van der Waals surface area contributed by atoms with Crippen LogP contribution < -0.4 is 10.2 Å². The second kappa shape index (κ2) is 6.58. The third kappa shape index (κ3) is 3.37. The molecule has 0 bridgehead atoms. The first kappa shape index (κ1) is 16.6. The van der Waals surface area contributed by atoms with Gasteiger partial charge in [0.05, 0.1) is 10.7 Å². The molecule has 1 aliphatic rings. The predicted octanol–water partition coefficient (Wildman–Crippen LogP) is 4.64. The number of nitrogens with zero attached hydrogens (tertiary/aromatic N) is 1. The summed E-state index contributed by atoms with van der Waals surface area (Å²) in [5.41, 5.74) is 2.68. The lowest BCUT2D eigenvalue weighted by Crippen LogP contribution is -2.65. The molecule has 2 rings (SSSR count). The summed E-state index contributed by atoms with van der Waals surface area (Å²) in [6.45, 7) is 13.4. The molecular formula is C18H29ClN2. The summed E-state index contributed by atoms with van der Waals surface area (Å²) in [7, 11) is 0. The van der Waals surface area contributed by atoms with Gasteiger partial charge in [-0.15, -0.1) is 0 Å². The van der Waals surface area contributed by atoms with E-state index in [0.717, 1.165) is 31.0 Å². The first-order valence-electron chi connectivity index (χ1n) is 8.20. The molecule has 1 heterocycles. The Morgan fingerprint density at radius 1 is 1.33 bits per heavy atom. The minimum Gasteiger partial charge on any atom is -0.364 e. The van der Waals surface area contributed by atoms with Gasteiger partial charge in [0.2, 0.25) is 0 Å². The molecule has 1 aliphatic heterocycles. The van der Waals surface area contributed by atoms with E-state index in [-0.39, 0.29) is 5.54 Å². The monoisotopic (exact) mass is 308 g/mol. The Morgan fingerprint density at radius 3 is 2.57 bits per heavy atom. The lowest BCUT2D eigenvalue weighted by molar-refractivity contribution is 0.227. The molecule has 0 spiro atoms. The second-order valence-corrected chi connectivity index (χ2v) is 7.17. The molecule has 0 saturated carbocycles. The summed E-state index contributed by atoms with van der Waals surface area (Å²) in [5.74, 6) is 0.598. The quantitative estimate of drug-likeness (QED) is 0.871. The largest absolute Gasteiger partial charge is 0.364 e. The summed E-state index contributed by atoms with van der Waals surface area (Å²) >= 11 is 6.52. The highest BCUT2D eigenvalue weighted by Gasteiger charge is 2.38. The molecule has 1 fully saturated rings. The van der Waals surface area contributed by atoms with Crippen LogP contribution >= 0.6 is 11.6 Å². The number of nitrogens with one attached hydrogen (secondary N) is 1. The van der Waals surface area contributed by atoms with Crippen molar-refractivity contribution in [3.63, 3.8) is 0 Å². The maximum atomic E-state index is 6.52. The maximum Gasteiger partial charge on any atom is 0.0639 e. The minimum atomic E-state index is 0.207. The van der Waals surface area contributed by atoms with Crippen molar-refractivity contribution in [1.82, 2.24) is 5.32 Å². The number of rotatable bonds is 4. The van der Waals surface area contributed by atoms with Crippen molar-refractivity contribution >= 4 is 17.3 Å². The molecular weight excluding hydrogens is 280 g/mol. The fourth-order valence-electron chi connectivity index (χ4n) is 3.36. The Kier molecular flexibility index (Phi) is 5.21. The van der Waals surface area contributed by atoms with E-state index in [4.69, 9.17) is 11.6 Å². The maximum absolute atomic E-state index is 6.52. The van der Waals surface area contributed by atoms with Crippen molar-refractivity contribution in [2.75, 3.05) is 18.0 Å². The zero-order chi connectivity index (χ0) is 15.6. The molecule has 1 aromatic rings. The predicted molar refractivity (Wildman–Crippen MR) is 93.5 cm³/mol. The second-order valence-electron chi connectivity index (χ2n) is 6.76. The van der Waals surface area contributed by atoms with E-state index in [9.17, 15) is 0 Å². The molecule has 3 heteroatoms. The lowest BCUT2D eigenvalue weighted by atomic mass is 9.86. The zero-order valence-corrected chi connectivity index (χ0v) is 14.8. The van der Waals surface area contributed by atoms with Gasteiger partial charge in [-0.25, -0.2) is 0 Å². The van der Waals surface area contributed by atoms with Crippen LogP contribution in [-0.4, -0.2) is 24.7 Å². The standard InChI is InChI=1S/C18H29ClN2/c1-6-18(7-2)12-21(17(11-20-18)13(3)4)16-10-14(5)8-9-15(16)19/h8-10,13,17,20H,6-7,11-12H2,1-5H3. The molecule has 118 valence electrons. The SMILES string of the molecule is CCC1(CC)CN(c2cc(C)ccc2Cl)C(C(C)C)CN1. The fourth-order valence-corrected chi connectivity index (χ4v) is 3.58. The van der Waals surface area contributed by atoms with E-state index in [2.05, 4.69) is 57.0 Å². The molecule has 0 aromatic heterocycles. The Balaban J connectivity index is 2.40. The molecule has 0 amide bonds. The average molecular weight is 309 g/mol. The van der Waals surface area contributed by atoms with Gasteiger partial charge in [-0.1, -0.05) is 45.4 Å². The molecule has 1 unspecified atom stereocenters. The van der Waals surface area contributed by atoms with Crippen LogP contribution in [0.25, 0.3) is 0 Å². The van der Waals surface area contributed by atoms with E-state index < -0.39 is 0 Å². The van der Waals surface area contributed by atoms with E-state index in [1.165, 1.54) is 11.3 Å². The number of hydrogen-bond acceptors (Lipinski definition) is 2. The highest BCUT2D eigenvalue weighted by Crippen LogP contribution is 2.34. The molecule has 0 aliphatic carbocycles. The zero-order valence-electron chi connectivity index (χ0n) is 14.0. The van der Waals surface area contributed by atoms with Crippen molar-refractivity contribution in [3.05, 3.63) is 28.8 Å². The highest BCUT2D eigenvalue weighted by molar-refractivity contribution is 6.33. The van der Waals surface area contributed by atoms with Crippen LogP contribution in [0, 0.1) is 12.8 Å². The topological polar surface area (TPSA) is 15.3 Å². The molecule has 0 radical (unpaired) electrons. The number of hydrogen-bond donors (Lipinski definition) is 1. The van der Waals surface area contributed by atoms with Gasteiger partial charge in [0, 0.05) is 24.7 Å². The smallest absolute Gasteiger partial charge is 0.0639 e. The van der Waals surface area contributed by atoms with Gasteiger partial charge < -0.3 is 10.2 Å². The number of piperazine rings is 1. The Bertz CT molecular complexity index is 480. The molecule has 1 atom stereocenters. The van der Waals surface area contributed by atoms with Crippen LogP contribution in [0.5, 0.6) is 0 Å². The van der Waals surface area contributed by atoms with Crippen LogP contribution in [0.2, 0.25) is 5.02 Å². The van der Waals surface area contributed by atoms with Crippen molar-refractivity contribution in [2.24, 2.45) is 5.92 Å². The molecule has 2 nitrogen and oxygen atoms in total. The van der Waals surface area contributed by atoms with Crippen molar-refractivity contribution < 1.29 is 0 Å². The van der Waals surface area contributed by atoms with Crippen LogP contribution in [0.4, 0.5) is 5.69 Å². The Labute approximate surface area is 134 Å². The van der Waals surface area contributed by atoms with Crippen molar-refractivity contribution in [2.45, 2.75) is 59.0 Å². The number of aryl methyl sites for hydroxylation is 1. The molecule has 1 N–H and O–H groups in total. The first-order valence-corrected chi connectivity index (χ1v) is 8.58. The minimum absolute atomic E-state index is 0.207. The molecule has 1 aromatic carbocycles. The normalized spacial score (nSPS) is 21.9. The van der Waals surface area contributed by atoms with E-state index in [1.54, 1.807) is 0 Å². The van der Waals surface area contributed by atoms with Gasteiger partial charge in [-0.2, -0.15) is 0 Å². The van der Waals surface area contributed by atoms with Gasteiger partial charge in [0.15, 0.2) is 0 Å². The highest BCUT2D eigenvalue weighted by atomic mass is 35.5. The third-order valence-electron chi connectivity index (χ3n) is 5.09. The summed E-state index contributed by atoms with van der Waals surface area (Å²) in [6.07, 6.45) is 2.29. The van der Waals surface area contributed by atoms with E-state index in [0.29, 0.717) is 12.0 Å². The summed E-state index contributed by atoms with van der Waals surface area (Å²) in [4.78, 5) is 2.55. The third-order valence-corrected chi connectivity index (χ3v) is 5.41. The van der Waals surface area contributed by atoms with Gasteiger partial charge in [-0.05, 0) is 43.4 Å². The average Bonchev–Trinajstić information content (AvgIpc) is 2.49.